The number of nitrogens with zero attached hydrogens (tertiary/aromatic N) is 4. The lowest BCUT2D eigenvalue weighted by Crippen LogP contribution is -2.29. The van der Waals surface area contributed by atoms with Gasteiger partial charge in [0, 0.05) is 40.7 Å². The number of rotatable bonds is 4. The maximum absolute atomic E-state index is 9.49. The fraction of sp³-hybridized carbons (Fsp3) is 0.227. The van der Waals surface area contributed by atoms with Crippen molar-refractivity contribution in [2.45, 2.75) is 19.3 Å². The SMILES string of the molecule is N#Cc1cc(-c2ccnc(Nc3ccc(Br)cc3)n2)cc(N2CCCCC2)c1. The largest absolute Gasteiger partial charge is 0.371 e. The molecule has 1 N–H and O–H groups in total. The van der Waals surface area contributed by atoms with Gasteiger partial charge in [0.25, 0.3) is 0 Å². The van der Waals surface area contributed by atoms with Crippen LogP contribution in [0.25, 0.3) is 11.3 Å². The highest BCUT2D eigenvalue weighted by molar-refractivity contribution is 9.10. The normalized spacial score (nSPS) is 13.8. The van der Waals surface area contributed by atoms with Gasteiger partial charge in [0.15, 0.2) is 0 Å². The monoisotopic (exact) mass is 433 g/mol. The summed E-state index contributed by atoms with van der Waals surface area (Å²) in [5.74, 6) is 0.529. The molecule has 1 fully saturated rings. The molecule has 0 radical (unpaired) electrons. The zero-order valence-electron chi connectivity index (χ0n) is 15.4. The molecule has 140 valence electrons. The summed E-state index contributed by atoms with van der Waals surface area (Å²) in [4.78, 5) is 11.3. The first-order valence-electron chi connectivity index (χ1n) is 9.37. The predicted octanol–water partition coefficient (Wildman–Crippen LogP) is 5.51. The summed E-state index contributed by atoms with van der Waals surface area (Å²) in [6.45, 7) is 2.07. The number of aromatic nitrogens is 2. The molecule has 2 aromatic carbocycles. The predicted molar refractivity (Wildman–Crippen MR) is 116 cm³/mol. The molecule has 0 saturated carbocycles. The van der Waals surface area contributed by atoms with Crippen LogP contribution in [-0.4, -0.2) is 23.1 Å². The van der Waals surface area contributed by atoms with Gasteiger partial charge in [0.1, 0.15) is 0 Å². The molecule has 0 atom stereocenters. The molecule has 2 heterocycles. The van der Waals surface area contributed by atoms with Crippen molar-refractivity contribution in [3.05, 3.63) is 64.8 Å². The van der Waals surface area contributed by atoms with Crippen molar-refractivity contribution >= 4 is 33.3 Å². The van der Waals surface area contributed by atoms with Gasteiger partial charge >= 0.3 is 0 Å². The van der Waals surface area contributed by atoms with E-state index in [2.05, 4.69) is 48.3 Å². The highest BCUT2D eigenvalue weighted by atomic mass is 79.9. The lowest BCUT2D eigenvalue weighted by molar-refractivity contribution is 0.578. The number of nitriles is 1. The number of piperidine rings is 1. The smallest absolute Gasteiger partial charge is 0.227 e. The van der Waals surface area contributed by atoms with E-state index in [4.69, 9.17) is 0 Å². The molecule has 0 bridgehead atoms. The lowest BCUT2D eigenvalue weighted by atomic mass is 10.0. The Labute approximate surface area is 173 Å². The summed E-state index contributed by atoms with van der Waals surface area (Å²) >= 11 is 3.44. The van der Waals surface area contributed by atoms with Crippen molar-refractivity contribution in [1.82, 2.24) is 9.97 Å². The molecule has 0 amide bonds. The van der Waals surface area contributed by atoms with Gasteiger partial charge in [0.05, 0.1) is 17.3 Å². The average Bonchev–Trinajstić information content (AvgIpc) is 2.76. The first-order valence-corrected chi connectivity index (χ1v) is 10.2. The van der Waals surface area contributed by atoms with E-state index in [9.17, 15) is 5.26 Å². The second kappa shape index (κ2) is 8.41. The molecule has 5 nitrogen and oxygen atoms in total. The van der Waals surface area contributed by atoms with Crippen molar-refractivity contribution in [2.75, 3.05) is 23.3 Å². The Morgan fingerprint density at radius 1 is 1.00 bits per heavy atom. The minimum atomic E-state index is 0.529. The summed E-state index contributed by atoms with van der Waals surface area (Å²) in [6, 6.07) is 18.0. The van der Waals surface area contributed by atoms with Crippen LogP contribution in [0.4, 0.5) is 17.3 Å². The lowest BCUT2D eigenvalue weighted by Gasteiger charge is -2.29. The van der Waals surface area contributed by atoms with Crippen molar-refractivity contribution in [3.63, 3.8) is 0 Å². The molecule has 4 rings (SSSR count). The Bertz CT molecular complexity index is 1000. The van der Waals surface area contributed by atoms with E-state index in [0.717, 1.165) is 40.2 Å². The van der Waals surface area contributed by atoms with Gasteiger partial charge in [-0.05, 0) is 67.8 Å². The summed E-state index contributed by atoms with van der Waals surface area (Å²) < 4.78 is 1.02. The molecule has 1 aromatic heterocycles. The minimum absolute atomic E-state index is 0.529. The van der Waals surface area contributed by atoms with Gasteiger partial charge in [-0.2, -0.15) is 5.26 Å². The van der Waals surface area contributed by atoms with Gasteiger partial charge < -0.3 is 10.2 Å². The molecule has 0 spiro atoms. The zero-order valence-corrected chi connectivity index (χ0v) is 17.0. The molecule has 6 heteroatoms. The molecule has 3 aromatic rings. The van der Waals surface area contributed by atoms with Gasteiger partial charge in [-0.25, -0.2) is 9.97 Å². The van der Waals surface area contributed by atoms with Crippen molar-refractivity contribution in [2.24, 2.45) is 0 Å². The summed E-state index contributed by atoms with van der Waals surface area (Å²) in [5.41, 5.74) is 4.39. The van der Waals surface area contributed by atoms with Gasteiger partial charge in [-0.15, -0.1) is 0 Å². The van der Waals surface area contributed by atoms with E-state index in [1.165, 1.54) is 19.3 Å². The molecule has 28 heavy (non-hydrogen) atoms. The molecular formula is C22H20BrN5. The van der Waals surface area contributed by atoms with Gasteiger partial charge in [0.2, 0.25) is 5.95 Å². The number of hydrogen-bond acceptors (Lipinski definition) is 5. The van der Waals surface area contributed by atoms with Crippen molar-refractivity contribution in [1.29, 1.82) is 5.26 Å². The molecule has 0 aliphatic carbocycles. The van der Waals surface area contributed by atoms with E-state index in [1.807, 2.05) is 42.5 Å². The van der Waals surface area contributed by atoms with E-state index >= 15 is 0 Å². The average molecular weight is 434 g/mol. The summed E-state index contributed by atoms with van der Waals surface area (Å²) in [7, 11) is 0. The number of halogens is 1. The Morgan fingerprint density at radius 3 is 2.54 bits per heavy atom. The Balaban J connectivity index is 1.64. The van der Waals surface area contributed by atoms with Crippen LogP contribution in [0, 0.1) is 11.3 Å². The third-order valence-corrected chi connectivity index (χ3v) is 5.35. The molecular weight excluding hydrogens is 414 g/mol. The van der Waals surface area contributed by atoms with Crippen LogP contribution >= 0.6 is 15.9 Å². The van der Waals surface area contributed by atoms with Crippen LogP contribution in [-0.2, 0) is 0 Å². The van der Waals surface area contributed by atoms with Crippen LogP contribution in [0.5, 0.6) is 0 Å². The Hall–Kier alpha value is -2.91. The molecule has 1 aliphatic rings. The highest BCUT2D eigenvalue weighted by Crippen LogP contribution is 2.28. The topological polar surface area (TPSA) is 64.8 Å². The number of anilines is 3. The third kappa shape index (κ3) is 4.32. The van der Waals surface area contributed by atoms with Gasteiger partial charge in [-0.3, -0.25) is 0 Å². The Morgan fingerprint density at radius 2 is 1.79 bits per heavy atom. The van der Waals surface area contributed by atoms with Crippen molar-refractivity contribution in [3.8, 4) is 17.3 Å². The van der Waals surface area contributed by atoms with E-state index in [0.29, 0.717) is 11.5 Å². The molecule has 1 aliphatic heterocycles. The zero-order chi connectivity index (χ0) is 19.3. The highest BCUT2D eigenvalue weighted by Gasteiger charge is 2.14. The second-order valence-corrected chi connectivity index (χ2v) is 7.74. The summed E-state index contributed by atoms with van der Waals surface area (Å²) in [6.07, 6.45) is 5.41. The van der Waals surface area contributed by atoms with E-state index < -0.39 is 0 Å². The number of hydrogen-bond donors (Lipinski definition) is 1. The van der Waals surface area contributed by atoms with Gasteiger partial charge in [-0.1, -0.05) is 15.9 Å². The fourth-order valence-corrected chi connectivity index (χ4v) is 3.66. The van der Waals surface area contributed by atoms with E-state index in [1.54, 1.807) is 6.20 Å². The first-order chi connectivity index (χ1) is 13.7. The first kappa shape index (κ1) is 18.5. The van der Waals surface area contributed by atoms with Crippen LogP contribution in [0.3, 0.4) is 0 Å². The number of benzene rings is 2. The Kier molecular flexibility index (Phi) is 5.54. The standard InChI is InChI=1S/C22H20BrN5/c23-18-4-6-19(7-5-18)26-22-25-9-8-21(27-22)17-12-16(15-24)13-20(14-17)28-10-2-1-3-11-28/h4-9,12-14H,1-3,10-11H2,(H,25,26,27). The minimum Gasteiger partial charge on any atom is -0.371 e. The summed E-state index contributed by atoms with van der Waals surface area (Å²) in [5, 5.41) is 12.7. The van der Waals surface area contributed by atoms with E-state index in [-0.39, 0.29) is 0 Å². The van der Waals surface area contributed by atoms with Crippen molar-refractivity contribution < 1.29 is 0 Å². The van der Waals surface area contributed by atoms with Crippen LogP contribution in [0.15, 0.2) is 59.2 Å². The maximum Gasteiger partial charge on any atom is 0.227 e. The molecule has 1 saturated heterocycles. The fourth-order valence-electron chi connectivity index (χ4n) is 3.40. The second-order valence-electron chi connectivity index (χ2n) is 6.83. The van der Waals surface area contributed by atoms with Crippen LogP contribution in [0.2, 0.25) is 0 Å². The molecule has 0 unspecified atom stereocenters. The quantitative estimate of drug-likeness (QED) is 0.587. The van der Waals surface area contributed by atoms with Crippen LogP contribution < -0.4 is 10.2 Å². The van der Waals surface area contributed by atoms with Crippen LogP contribution in [0.1, 0.15) is 24.8 Å². The third-order valence-electron chi connectivity index (χ3n) is 4.82. The maximum atomic E-state index is 9.49. The number of nitrogens with one attached hydrogen (secondary N) is 1.